The van der Waals surface area contributed by atoms with Crippen molar-refractivity contribution in [2.75, 3.05) is 39.4 Å². The Morgan fingerprint density at radius 3 is 2.94 bits per heavy atom. The highest BCUT2D eigenvalue weighted by Gasteiger charge is 2.12. The van der Waals surface area contributed by atoms with E-state index in [9.17, 15) is 0 Å². The predicted octanol–water partition coefficient (Wildman–Crippen LogP) is 1.69. The minimum absolute atomic E-state index is 0.358. The molecule has 1 atom stereocenters. The molecule has 0 amide bonds. The number of rotatable bonds is 6. The fourth-order valence-electron chi connectivity index (χ4n) is 2.04. The highest BCUT2D eigenvalue weighted by atomic mass is 32.1. The molecule has 102 valence electrons. The number of ether oxygens (including phenoxy) is 1. The quantitative estimate of drug-likeness (QED) is 0.853. The van der Waals surface area contributed by atoms with Crippen molar-refractivity contribution in [2.45, 2.75) is 26.3 Å². The Kier molecular flexibility index (Phi) is 5.56. The van der Waals surface area contributed by atoms with Gasteiger partial charge in [-0.3, -0.25) is 4.90 Å². The lowest BCUT2D eigenvalue weighted by Gasteiger charge is -2.27. The largest absolute Gasteiger partial charge is 0.379 e. The summed E-state index contributed by atoms with van der Waals surface area (Å²) < 4.78 is 5.34. The van der Waals surface area contributed by atoms with Gasteiger partial charge in [-0.25, -0.2) is 4.98 Å². The Bertz CT molecular complexity index is 350. The predicted molar refractivity (Wildman–Crippen MR) is 75.2 cm³/mol. The second-order valence-corrected chi connectivity index (χ2v) is 5.79. The Morgan fingerprint density at radius 1 is 1.50 bits per heavy atom. The molecule has 1 aromatic heterocycles. The first kappa shape index (κ1) is 13.9. The minimum Gasteiger partial charge on any atom is -0.379 e. The zero-order valence-corrected chi connectivity index (χ0v) is 12.1. The number of aryl methyl sites for hydroxylation is 1. The van der Waals surface area contributed by atoms with Gasteiger partial charge in [0, 0.05) is 37.3 Å². The first-order valence-corrected chi connectivity index (χ1v) is 7.59. The SMILES string of the molecule is CCc1cnc(C(C)NCCN2CCOCC2)s1. The van der Waals surface area contributed by atoms with Crippen LogP contribution in [0.25, 0.3) is 0 Å². The smallest absolute Gasteiger partial charge is 0.109 e. The van der Waals surface area contributed by atoms with Crippen molar-refractivity contribution >= 4 is 11.3 Å². The van der Waals surface area contributed by atoms with Crippen LogP contribution in [-0.2, 0) is 11.2 Å². The fourth-order valence-corrected chi connectivity index (χ4v) is 2.92. The number of nitrogens with zero attached hydrogens (tertiary/aromatic N) is 2. The summed E-state index contributed by atoms with van der Waals surface area (Å²) in [5.74, 6) is 0. The summed E-state index contributed by atoms with van der Waals surface area (Å²) in [6.45, 7) is 10.4. The molecule has 4 nitrogen and oxygen atoms in total. The third-order valence-corrected chi connectivity index (χ3v) is 4.60. The second-order valence-electron chi connectivity index (χ2n) is 4.65. The van der Waals surface area contributed by atoms with Crippen molar-refractivity contribution in [3.8, 4) is 0 Å². The van der Waals surface area contributed by atoms with Crippen molar-refractivity contribution in [3.63, 3.8) is 0 Å². The minimum atomic E-state index is 0.358. The van der Waals surface area contributed by atoms with E-state index in [2.05, 4.69) is 29.0 Å². The average molecular weight is 269 g/mol. The van der Waals surface area contributed by atoms with Gasteiger partial charge in [0.25, 0.3) is 0 Å². The van der Waals surface area contributed by atoms with Gasteiger partial charge in [0.1, 0.15) is 5.01 Å². The van der Waals surface area contributed by atoms with E-state index < -0.39 is 0 Å². The van der Waals surface area contributed by atoms with Crippen LogP contribution in [0.2, 0.25) is 0 Å². The van der Waals surface area contributed by atoms with Gasteiger partial charge in [-0.1, -0.05) is 6.92 Å². The third kappa shape index (κ3) is 4.02. The zero-order valence-electron chi connectivity index (χ0n) is 11.3. The van der Waals surface area contributed by atoms with Crippen LogP contribution in [0.3, 0.4) is 0 Å². The van der Waals surface area contributed by atoms with Gasteiger partial charge in [-0.2, -0.15) is 0 Å². The Hall–Kier alpha value is -0.490. The summed E-state index contributed by atoms with van der Waals surface area (Å²) in [6.07, 6.45) is 3.08. The van der Waals surface area contributed by atoms with Crippen LogP contribution < -0.4 is 5.32 Å². The monoisotopic (exact) mass is 269 g/mol. The summed E-state index contributed by atoms with van der Waals surface area (Å²) in [5, 5.41) is 4.75. The van der Waals surface area contributed by atoms with Crippen molar-refractivity contribution in [1.82, 2.24) is 15.2 Å². The second kappa shape index (κ2) is 7.19. The Morgan fingerprint density at radius 2 is 2.28 bits per heavy atom. The fraction of sp³-hybridized carbons (Fsp3) is 0.769. The van der Waals surface area contributed by atoms with Crippen molar-refractivity contribution in [3.05, 3.63) is 16.1 Å². The lowest BCUT2D eigenvalue weighted by Crippen LogP contribution is -2.40. The maximum Gasteiger partial charge on any atom is 0.109 e. The molecule has 1 unspecified atom stereocenters. The van der Waals surface area contributed by atoms with Crippen molar-refractivity contribution < 1.29 is 4.74 Å². The molecule has 0 radical (unpaired) electrons. The molecule has 1 aromatic rings. The molecule has 1 saturated heterocycles. The van der Waals surface area contributed by atoms with E-state index >= 15 is 0 Å². The van der Waals surface area contributed by atoms with Gasteiger partial charge >= 0.3 is 0 Å². The van der Waals surface area contributed by atoms with Crippen LogP contribution in [-0.4, -0.2) is 49.3 Å². The van der Waals surface area contributed by atoms with Crippen LogP contribution in [0.15, 0.2) is 6.20 Å². The molecule has 0 saturated carbocycles. The molecule has 2 rings (SSSR count). The van der Waals surface area contributed by atoms with Gasteiger partial charge in [-0.15, -0.1) is 11.3 Å². The van der Waals surface area contributed by atoms with E-state index in [4.69, 9.17) is 4.74 Å². The van der Waals surface area contributed by atoms with Gasteiger partial charge in [0.15, 0.2) is 0 Å². The van der Waals surface area contributed by atoms with E-state index in [1.165, 1.54) is 9.88 Å². The number of thiazole rings is 1. The molecule has 1 aliphatic rings. The van der Waals surface area contributed by atoms with Crippen LogP contribution >= 0.6 is 11.3 Å². The normalized spacial score (nSPS) is 19.0. The molecule has 1 N–H and O–H groups in total. The standard InChI is InChI=1S/C13H23N3OS/c1-3-12-10-15-13(18-12)11(2)14-4-5-16-6-8-17-9-7-16/h10-11,14H,3-9H2,1-2H3. The highest BCUT2D eigenvalue weighted by molar-refractivity contribution is 7.11. The lowest BCUT2D eigenvalue weighted by molar-refractivity contribution is 0.0382. The summed E-state index contributed by atoms with van der Waals surface area (Å²) in [5.41, 5.74) is 0. The van der Waals surface area contributed by atoms with Gasteiger partial charge < -0.3 is 10.1 Å². The van der Waals surface area contributed by atoms with Crippen molar-refractivity contribution in [2.24, 2.45) is 0 Å². The van der Waals surface area contributed by atoms with E-state index in [0.29, 0.717) is 6.04 Å². The maximum absolute atomic E-state index is 5.34. The lowest BCUT2D eigenvalue weighted by atomic mass is 10.3. The Labute approximate surface area is 113 Å². The number of nitrogens with one attached hydrogen (secondary N) is 1. The van der Waals surface area contributed by atoms with E-state index in [1.54, 1.807) is 0 Å². The molecule has 0 spiro atoms. The van der Waals surface area contributed by atoms with E-state index in [0.717, 1.165) is 45.8 Å². The molecule has 18 heavy (non-hydrogen) atoms. The maximum atomic E-state index is 5.34. The van der Waals surface area contributed by atoms with Gasteiger partial charge in [-0.05, 0) is 13.3 Å². The van der Waals surface area contributed by atoms with E-state index in [1.807, 2.05) is 17.5 Å². The summed E-state index contributed by atoms with van der Waals surface area (Å²) in [7, 11) is 0. The highest BCUT2D eigenvalue weighted by Crippen LogP contribution is 2.19. The first-order chi connectivity index (χ1) is 8.79. The molecule has 0 aliphatic carbocycles. The zero-order chi connectivity index (χ0) is 12.8. The van der Waals surface area contributed by atoms with Crippen LogP contribution in [0.1, 0.15) is 29.8 Å². The molecule has 0 aromatic carbocycles. The topological polar surface area (TPSA) is 37.4 Å². The summed E-state index contributed by atoms with van der Waals surface area (Å²) >= 11 is 1.82. The van der Waals surface area contributed by atoms with Gasteiger partial charge in [0.2, 0.25) is 0 Å². The molecule has 5 heteroatoms. The van der Waals surface area contributed by atoms with Crippen molar-refractivity contribution in [1.29, 1.82) is 0 Å². The Balaban J connectivity index is 1.69. The summed E-state index contributed by atoms with van der Waals surface area (Å²) in [6, 6.07) is 0.358. The van der Waals surface area contributed by atoms with Crippen LogP contribution in [0.4, 0.5) is 0 Å². The third-order valence-electron chi connectivity index (χ3n) is 3.27. The number of aromatic nitrogens is 1. The first-order valence-electron chi connectivity index (χ1n) is 6.77. The molecule has 0 bridgehead atoms. The van der Waals surface area contributed by atoms with Crippen LogP contribution in [0, 0.1) is 0 Å². The van der Waals surface area contributed by atoms with Gasteiger partial charge in [0.05, 0.1) is 19.3 Å². The average Bonchev–Trinajstić information content (AvgIpc) is 2.89. The van der Waals surface area contributed by atoms with Crippen LogP contribution in [0.5, 0.6) is 0 Å². The number of hydrogen-bond donors (Lipinski definition) is 1. The number of hydrogen-bond acceptors (Lipinski definition) is 5. The molecule has 1 fully saturated rings. The molecule has 1 aliphatic heterocycles. The molecular weight excluding hydrogens is 246 g/mol. The van der Waals surface area contributed by atoms with E-state index in [-0.39, 0.29) is 0 Å². The number of morpholine rings is 1. The summed E-state index contributed by atoms with van der Waals surface area (Å²) in [4.78, 5) is 8.29. The molecule has 2 heterocycles. The molecular formula is C13H23N3OS.